The summed E-state index contributed by atoms with van der Waals surface area (Å²) in [5, 5.41) is 3.94. The molecule has 0 aromatic heterocycles. The molecule has 34 heavy (non-hydrogen) atoms. The van der Waals surface area contributed by atoms with Crippen molar-refractivity contribution in [2.75, 3.05) is 13.7 Å². The van der Waals surface area contributed by atoms with Gasteiger partial charge in [-0.05, 0) is 72.5 Å². The fourth-order valence-electron chi connectivity index (χ4n) is 3.04. The van der Waals surface area contributed by atoms with Gasteiger partial charge in [0.05, 0.1) is 18.9 Å². The average molecular weight is 461 g/mol. The Hall–Kier alpha value is -4.13. The highest BCUT2D eigenvalue weighted by Crippen LogP contribution is 2.17. The third kappa shape index (κ3) is 7.78. The van der Waals surface area contributed by atoms with Crippen molar-refractivity contribution >= 4 is 18.1 Å². The van der Waals surface area contributed by atoms with Crippen LogP contribution in [-0.4, -0.2) is 31.8 Å². The number of rotatable bonds is 11. The fraction of sp³-hybridized carbons (Fsp3) is 0.222. The van der Waals surface area contributed by atoms with Crippen LogP contribution in [0, 0.1) is 0 Å². The van der Waals surface area contributed by atoms with Crippen molar-refractivity contribution in [2.24, 2.45) is 5.10 Å². The lowest BCUT2D eigenvalue weighted by atomic mass is 10.1. The van der Waals surface area contributed by atoms with Gasteiger partial charge in [0.1, 0.15) is 17.2 Å². The van der Waals surface area contributed by atoms with E-state index in [1.165, 1.54) is 11.8 Å². The summed E-state index contributed by atoms with van der Waals surface area (Å²) in [5.74, 6) is 0.782. The molecule has 0 fully saturated rings. The van der Waals surface area contributed by atoms with Crippen LogP contribution in [-0.2, 0) is 11.2 Å². The molecule has 0 aliphatic carbocycles. The summed E-state index contributed by atoms with van der Waals surface area (Å²) in [4.78, 5) is 24.3. The minimum atomic E-state index is -0.486. The maximum atomic E-state index is 12.3. The van der Waals surface area contributed by atoms with Gasteiger partial charge < -0.3 is 14.2 Å². The Morgan fingerprint density at radius 2 is 1.68 bits per heavy atom. The second-order valence-electron chi connectivity index (χ2n) is 7.52. The number of unbranched alkanes of at least 4 members (excludes halogenated alkanes) is 1. The molecule has 1 amide bonds. The molecule has 1 N–H and O–H groups in total. The maximum absolute atomic E-state index is 12.3. The molecule has 3 aromatic carbocycles. The molecule has 0 aliphatic rings. The van der Waals surface area contributed by atoms with Crippen LogP contribution in [0.3, 0.4) is 0 Å². The molecule has 176 valence electrons. The number of amides is 1. The lowest BCUT2D eigenvalue weighted by Gasteiger charge is -2.07. The SMILES string of the molecule is CCCCc1ccc(OCC(=O)N/N=C/c2cccc(OC(=O)c3ccc(OC)cc3)c2)cc1. The van der Waals surface area contributed by atoms with Crippen molar-refractivity contribution in [1.82, 2.24) is 5.43 Å². The summed E-state index contributed by atoms with van der Waals surface area (Å²) in [5.41, 5.74) is 4.74. The van der Waals surface area contributed by atoms with Crippen molar-refractivity contribution in [3.05, 3.63) is 89.5 Å². The van der Waals surface area contributed by atoms with Crippen molar-refractivity contribution in [3.8, 4) is 17.2 Å². The van der Waals surface area contributed by atoms with Crippen molar-refractivity contribution in [2.45, 2.75) is 26.2 Å². The highest BCUT2D eigenvalue weighted by Gasteiger charge is 2.09. The fourth-order valence-corrected chi connectivity index (χ4v) is 3.04. The van der Waals surface area contributed by atoms with Gasteiger partial charge in [-0.25, -0.2) is 10.2 Å². The topological polar surface area (TPSA) is 86.2 Å². The number of esters is 1. The number of hydrazone groups is 1. The molecular formula is C27H28N2O5. The van der Waals surface area contributed by atoms with Crippen LogP contribution in [0.4, 0.5) is 0 Å². The second-order valence-corrected chi connectivity index (χ2v) is 7.52. The van der Waals surface area contributed by atoms with Crippen LogP contribution >= 0.6 is 0 Å². The number of hydrogen-bond acceptors (Lipinski definition) is 6. The Morgan fingerprint density at radius 1 is 0.941 bits per heavy atom. The molecule has 0 aliphatic heterocycles. The van der Waals surface area contributed by atoms with Gasteiger partial charge in [-0.1, -0.05) is 37.6 Å². The van der Waals surface area contributed by atoms with E-state index >= 15 is 0 Å². The van der Waals surface area contributed by atoms with Crippen LogP contribution in [0.2, 0.25) is 0 Å². The lowest BCUT2D eigenvalue weighted by molar-refractivity contribution is -0.123. The zero-order valence-electron chi connectivity index (χ0n) is 19.3. The van der Waals surface area contributed by atoms with Gasteiger partial charge in [-0.2, -0.15) is 5.10 Å². The van der Waals surface area contributed by atoms with Crippen LogP contribution < -0.4 is 19.6 Å². The minimum absolute atomic E-state index is 0.148. The Bertz CT molecular complexity index is 1110. The number of carbonyl (C=O) groups is 2. The van der Waals surface area contributed by atoms with Gasteiger partial charge >= 0.3 is 5.97 Å². The summed E-state index contributed by atoms with van der Waals surface area (Å²) < 4.78 is 16.0. The number of hydrogen-bond donors (Lipinski definition) is 1. The van der Waals surface area contributed by atoms with Gasteiger partial charge in [0.25, 0.3) is 5.91 Å². The number of benzene rings is 3. The molecule has 3 rings (SSSR count). The van der Waals surface area contributed by atoms with Crippen molar-refractivity contribution < 1.29 is 23.8 Å². The van der Waals surface area contributed by atoms with E-state index in [2.05, 4.69) is 17.5 Å². The number of nitrogens with zero attached hydrogens (tertiary/aromatic N) is 1. The molecule has 0 heterocycles. The highest BCUT2D eigenvalue weighted by atomic mass is 16.5. The number of methoxy groups -OCH3 is 1. The molecule has 3 aromatic rings. The van der Waals surface area contributed by atoms with E-state index in [4.69, 9.17) is 14.2 Å². The number of ether oxygens (including phenoxy) is 3. The normalized spacial score (nSPS) is 10.6. The molecule has 0 atom stereocenters. The quantitative estimate of drug-likeness (QED) is 0.193. The molecule has 7 heteroatoms. The van der Waals surface area contributed by atoms with E-state index in [-0.39, 0.29) is 12.5 Å². The van der Waals surface area contributed by atoms with Gasteiger partial charge in [-0.15, -0.1) is 0 Å². The van der Waals surface area contributed by atoms with Gasteiger partial charge in [0, 0.05) is 0 Å². The molecule has 0 bridgehead atoms. The smallest absolute Gasteiger partial charge is 0.343 e. The molecule has 0 unspecified atom stereocenters. The average Bonchev–Trinajstić information content (AvgIpc) is 2.87. The van der Waals surface area contributed by atoms with Gasteiger partial charge in [0.15, 0.2) is 6.61 Å². The molecule has 0 radical (unpaired) electrons. The van der Waals surface area contributed by atoms with Gasteiger partial charge in [0.2, 0.25) is 0 Å². The second kappa shape index (κ2) is 12.8. The predicted octanol–water partition coefficient (Wildman–Crippen LogP) is 4.79. The molecule has 0 spiro atoms. The number of carbonyl (C=O) groups excluding carboxylic acids is 2. The van der Waals surface area contributed by atoms with Crippen LogP contribution in [0.5, 0.6) is 17.2 Å². The summed E-state index contributed by atoms with van der Waals surface area (Å²) >= 11 is 0. The highest BCUT2D eigenvalue weighted by molar-refractivity contribution is 5.91. The largest absolute Gasteiger partial charge is 0.497 e. The van der Waals surface area contributed by atoms with E-state index < -0.39 is 5.97 Å². The Kier molecular flexibility index (Phi) is 9.22. The standard InChI is InChI=1S/C27H28N2O5/c1-3-4-6-20-9-13-24(14-10-20)33-19-26(30)29-28-18-21-7-5-8-25(17-21)34-27(31)22-11-15-23(32-2)16-12-22/h5,7-18H,3-4,6,19H2,1-2H3,(H,29,30)/b28-18+. The van der Waals surface area contributed by atoms with E-state index in [1.54, 1.807) is 55.6 Å². The van der Waals surface area contributed by atoms with Gasteiger partial charge in [-0.3, -0.25) is 4.79 Å². The van der Waals surface area contributed by atoms with Crippen molar-refractivity contribution in [1.29, 1.82) is 0 Å². The Morgan fingerprint density at radius 3 is 2.38 bits per heavy atom. The van der Waals surface area contributed by atoms with Crippen LogP contribution in [0.25, 0.3) is 0 Å². The first-order chi connectivity index (χ1) is 16.6. The zero-order chi connectivity index (χ0) is 24.2. The molecule has 0 saturated carbocycles. The molecule has 0 saturated heterocycles. The third-order valence-electron chi connectivity index (χ3n) is 4.91. The van der Waals surface area contributed by atoms with Crippen molar-refractivity contribution in [3.63, 3.8) is 0 Å². The third-order valence-corrected chi connectivity index (χ3v) is 4.91. The van der Waals surface area contributed by atoms with E-state index in [0.717, 1.165) is 19.3 Å². The summed E-state index contributed by atoms with van der Waals surface area (Å²) in [6, 6.07) is 21.2. The number of nitrogens with one attached hydrogen (secondary N) is 1. The lowest BCUT2D eigenvalue weighted by Crippen LogP contribution is -2.24. The Labute approximate surface area is 199 Å². The zero-order valence-corrected chi connectivity index (χ0v) is 19.3. The summed E-state index contributed by atoms with van der Waals surface area (Å²) in [6.45, 7) is 2.01. The van der Waals surface area contributed by atoms with Crippen LogP contribution in [0.1, 0.15) is 41.3 Å². The Balaban J connectivity index is 1.46. The number of aryl methyl sites for hydroxylation is 1. The predicted molar refractivity (Wildman–Crippen MR) is 131 cm³/mol. The van der Waals surface area contributed by atoms with E-state index in [0.29, 0.717) is 28.4 Å². The summed E-state index contributed by atoms with van der Waals surface area (Å²) in [7, 11) is 1.56. The monoisotopic (exact) mass is 460 g/mol. The minimum Gasteiger partial charge on any atom is -0.497 e. The molecule has 7 nitrogen and oxygen atoms in total. The van der Waals surface area contributed by atoms with E-state index in [1.807, 2.05) is 24.3 Å². The first kappa shape index (κ1) is 24.5. The first-order valence-corrected chi connectivity index (χ1v) is 11.1. The van der Waals surface area contributed by atoms with Crippen LogP contribution in [0.15, 0.2) is 77.9 Å². The maximum Gasteiger partial charge on any atom is 0.343 e. The van der Waals surface area contributed by atoms with E-state index in [9.17, 15) is 9.59 Å². The first-order valence-electron chi connectivity index (χ1n) is 11.1. The summed E-state index contributed by atoms with van der Waals surface area (Å²) in [6.07, 6.45) is 4.80. The molecular weight excluding hydrogens is 432 g/mol.